The highest BCUT2D eigenvalue weighted by Gasteiger charge is 2.25. The number of thiophene rings is 1. The van der Waals surface area contributed by atoms with Crippen molar-refractivity contribution >= 4 is 43.0 Å². The summed E-state index contributed by atoms with van der Waals surface area (Å²) in [6.07, 6.45) is 3.12. The van der Waals surface area contributed by atoms with Crippen molar-refractivity contribution in [2.45, 2.75) is 4.21 Å². The van der Waals surface area contributed by atoms with Crippen molar-refractivity contribution < 1.29 is 8.42 Å². The van der Waals surface area contributed by atoms with Crippen LogP contribution in [0.5, 0.6) is 0 Å². The summed E-state index contributed by atoms with van der Waals surface area (Å²) in [6.45, 7) is 0. The van der Waals surface area contributed by atoms with Crippen LogP contribution in [0.25, 0.3) is 0 Å². The van der Waals surface area contributed by atoms with Gasteiger partial charge in [-0.2, -0.15) is 0 Å². The summed E-state index contributed by atoms with van der Waals surface area (Å²) in [5.74, 6) is 0. The van der Waals surface area contributed by atoms with E-state index >= 15 is 0 Å². The van der Waals surface area contributed by atoms with E-state index in [2.05, 4.69) is 20.9 Å². The molecule has 2 rings (SSSR count). The lowest BCUT2D eigenvalue weighted by molar-refractivity contribution is 0.596. The molecule has 0 aromatic carbocycles. The second kappa shape index (κ2) is 4.75. The van der Waals surface area contributed by atoms with E-state index in [1.165, 1.54) is 28.9 Å². The van der Waals surface area contributed by atoms with E-state index in [0.717, 1.165) is 0 Å². The first kappa shape index (κ1) is 12.5. The summed E-state index contributed by atoms with van der Waals surface area (Å²) >= 11 is 4.41. The standard InChI is InChI=1S/C10H9BrN2O2S2/c1-13(8-3-2-5-12-7-8)17(14,15)10-9(11)4-6-16-10/h2-7H,1H3. The van der Waals surface area contributed by atoms with E-state index < -0.39 is 10.0 Å². The van der Waals surface area contributed by atoms with Gasteiger partial charge >= 0.3 is 0 Å². The number of nitrogens with zero attached hydrogens (tertiary/aromatic N) is 2. The Kier molecular flexibility index (Phi) is 3.50. The lowest BCUT2D eigenvalue weighted by atomic mass is 10.4. The molecule has 0 radical (unpaired) electrons. The number of hydrogen-bond acceptors (Lipinski definition) is 4. The summed E-state index contributed by atoms with van der Waals surface area (Å²) in [7, 11) is -2.00. The number of sulfonamides is 1. The van der Waals surface area contributed by atoms with Crippen molar-refractivity contribution in [1.82, 2.24) is 4.98 Å². The zero-order valence-electron chi connectivity index (χ0n) is 8.87. The summed E-state index contributed by atoms with van der Waals surface area (Å²) in [5, 5.41) is 1.73. The minimum atomic E-state index is -3.51. The molecule has 2 heterocycles. The lowest BCUT2D eigenvalue weighted by Crippen LogP contribution is -2.26. The molecule has 0 saturated carbocycles. The fraction of sp³-hybridized carbons (Fsp3) is 0.100. The van der Waals surface area contributed by atoms with E-state index in [1.54, 1.807) is 29.8 Å². The summed E-state index contributed by atoms with van der Waals surface area (Å²) < 4.78 is 26.7. The molecule has 0 N–H and O–H groups in total. The van der Waals surface area contributed by atoms with Crippen molar-refractivity contribution in [3.63, 3.8) is 0 Å². The highest BCUT2D eigenvalue weighted by Crippen LogP contribution is 2.31. The zero-order valence-corrected chi connectivity index (χ0v) is 12.1. The van der Waals surface area contributed by atoms with E-state index in [-0.39, 0.29) is 0 Å². The lowest BCUT2D eigenvalue weighted by Gasteiger charge is -2.18. The number of anilines is 1. The molecule has 2 aromatic heterocycles. The van der Waals surface area contributed by atoms with Crippen LogP contribution in [0.3, 0.4) is 0 Å². The fourth-order valence-electron chi connectivity index (χ4n) is 1.27. The molecule has 7 heteroatoms. The van der Waals surface area contributed by atoms with Gasteiger partial charge in [-0.25, -0.2) is 8.42 Å². The van der Waals surface area contributed by atoms with Crippen LogP contribution in [-0.2, 0) is 10.0 Å². The van der Waals surface area contributed by atoms with Crippen LogP contribution in [0.2, 0.25) is 0 Å². The van der Waals surface area contributed by atoms with Crippen LogP contribution in [0.4, 0.5) is 5.69 Å². The highest BCUT2D eigenvalue weighted by atomic mass is 79.9. The van der Waals surface area contributed by atoms with E-state index in [0.29, 0.717) is 14.4 Å². The summed E-state index contributed by atoms with van der Waals surface area (Å²) in [5.41, 5.74) is 0.535. The molecule has 2 aromatic rings. The first-order valence-corrected chi connectivity index (χ1v) is 7.76. The molecule has 0 spiro atoms. The molecule has 4 nitrogen and oxygen atoms in total. The molecular formula is C10H9BrN2O2S2. The fourth-order valence-corrected chi connectivity index (χ4v) is 4.91. The third kappa shape index (κ3) is 2.36. The zero-order chi connectivity index (χ0) is 12.5. The van der Waals surface area contributed by atoms with Crippen molar-refractivity contribution in [1.29, 1.82) is 0 Å². The van der Waals surface area contributed by atoms with Crippen LogP contribution in [-0.4, -0.2) is 20.4 Å². The first-order chi connectivity index (χ1) is 8.03. The molecule has 0 aliphatic heterocycles. The molecule has 0 unspecified atom stereocenters. The number of pyridine rings is 1. The van der Waals surface area contributed by atoms with E-state index in [1.807, 2.05) is 0 Å². The average Bonchev–Trinajstić information content (AvgIpc) is 2.76. The molecule has 0 saturated heterocycles. The van der Waals surface area contributed by atoms with Crippen LogP contribution >= 0.6 is 27.3 Å². The third-order valence-electron chi connectivity index (χ3n) is 2.19. The normalized spacial score (nSPS) is 11.4. The Hall–Kier alpha value is -0.920. The Balaban J connectivity index is 2.45. The SMILES string of the molecule is CN(c1cccnc1)S(=O)(=O)c1sccc1Br. The minimum Gasteiger partial charge on any atom is -0.267 e. The number of halogens is 1. The van der Waals surface area contributed by atoms with Gasteiger partial charge in [0.25, 0.3) is 10.0 Å². The Morgan fingerprint density at radius 2 is 2.18 bits per heavy atom. The second-order valence-electron chi connectivity index (χ2n) is 3.24. The van der Waals surface area contributed by atoms with Crippen LogP contribution in [0.15, 0.2) is 44.7 Å². The molecule has 17 heavy (non-hydrogen) atoms. The quantitative estimate of drug-likeness (QED) is 0.868. The van der Waals surface area contributed by atoms with E-state index in [9.17, 15) is 8.42 Å². The van der Waals surface area contributed by atoms with Gasteiger partial charge in [0.05, 0.1) is 11.9 Å². The van der Waals surface area contributed by atoms with Crippen LogP contribution in [0, 0.1) is 0 Å². The molecule has 0 atom stereocenters. The highest BCUT2D eigenvalue weighted by molar-refractivity contribution is 9.10. The van der Waals surface area contributed by atoms with Gasteiger partial charge in [-0.05, 0) is 39.5 Å². The molecule has 0 fully saturated rings. The van der Waals surface area contributed by atoms with Gasteiger partial charge in [-0.3, -0.25) is 9.29 Å². The Bertz CT molecular complexity index is 610. The minimum absolute atomic E-state index is 0.295. The van der Waals surface area contributed by atoms with Gasteiger partial charge in [0.1, 0.15) is 0 Å². The van der Waals surface area contributed by atoms with Crippen LogP contribution in [0.1, 0.15) is 0 Å². The maximum atomic E-state index is 12.3. The molecule has 90 valence electrons. The largest absolute Gasteiger partial charge is 0.274 e. The summed E-state index contributed by atoms with van der Waals surface area (Å²) in [4.78, 5) is 3.91. The number of hydrogen-bond donors (Lipinski definition) is 0. The first-order valence-electron chi connectivity index (χ1n) is 4.65. The molecular weight excluding hydrogens is 324 g/mol. The average molecular weight is 333 g/mol. The van der Waals surface area contributed by atoms with E-state index in [4.69, 9.17) is 0 Å². The van der Waals surface area contributed by atoms with Crippen LogP contribution < -0.4 is 4.31 Å². The molecule has 0 amide bonds. The topological polar surface area (TPSA) is 50.3 Å². The third-order valence-corrected chi connectivity index (χ3v) is 6.62. The Labute approximate surface area is 112 Å². The van der Waals surface area contributed by atoms with Crippen molar-refractivity contribution in [2.75, 3.05) is 11.4 Å². The maximum absolute atomic E-state index is 12.3. The van der Waals surface area contributed by atoms with Gasteiger partial charge in [0.2, 0.25) is 0 Å². The predicted octanol–water partition coefficient (Wildman–Crippen LogP) is 2.73. The van der Waals surface area contributed by atoms with Gasteiger partial charge in [0.15, 0.2) is 4.21 Å². The maximum Gasteiger partial charge on any atom is 0.274 e. The Morgan fingerprint density at radius 1 is 1.41 bits per heavy atom. The van der Waals surface area contributed by atoms with Gasteiger partial charge < -0.3 is 0 Å². The van der Waals surface area contributed by atoms with Crippen molar-refractivity contribution in [3.8, 4) is 0 Å². The van der Waals surface area contributed by atoms with Gasteiger partial charge in [0, 0.05) is 17.7 Å². The monoisotopic (exact) mass is 332 g/mol. The summed E-state index contributed by atoms with van der Waals surface area (Å²) in [6, 6.07) is 5.12. The Morgan fingerprint density at radius 3 is 2.71 bits per heavy atom. The predicted molar refractivity (Wildman–Crippen MR) is 71.8 cm³/mol. The van der Waals surface area contributed by atoms with Gasteiger partial charge in [-0.15, -0.1) is 11.3 Å². The smallest absolute Gasteiger partial charge is 0.267 e. The van der Waals surface area contributed by atoms with Crippen molar-refractivity contribution in [3.05, 3.63) is 40.4 Å². The molecule has 0 bridgehead atoms. The van der Waals surface area contributed by atoms with Gasteiger partial charge in [-0.1, -0.05) is 0 Å². The molecule has 0 aliphatic rings. The number of aromatic nitrogens is 1. The van der Waals surface area contributed by atoms with Crippen molar-refractivity contribution in [2.24, 2.45) is 0 Å². The second-order valence-corrected chi connectivity index (χ2v) is 7.17. The number of rotatable bonds is 3. The molecule has 0 aliphatic carbocycles.